The summed E-state index contributed by atoms with van der Waals surface area (Å²) in [6.07, 6.45) is 91.4. The summed E-state index contributed by atoms with van der Waals surface area (Å²) in [7, 11) is 0. The molecule has 0 amide bonds. The Labute approximate surface area is 510 Å². The van der Waals surface area contributed by atoms with E-state index in [4.69, 9.17) is 14.2 Å². The van der Waals surface area contributed by atoms with Gasteiger partial charge >= 0.3 is 17.9 Å². The molecule has 478 valence electrons. The number of ether oxygens (including phenoxy) is 3. The molecule has 0 aliphatic heterocycles. The van der Waals surface area contributed by atoms with E-state index < -0.39 is 6.10 Å². The van der Waals surface area contributed by atoms with Crippen molar-refractivity contribution < 1.29 is 28.6 Å². The summed E-state index contributed by atoms with van der Waals surface area (Å²) in [5, 5.41) is 0. The van der Waals surface area contributed by atoms with Gasteiger partial charge in [0.25, 0.3) is 0 Å². The first kappa shape index (κ1) is 79.1. The summed E-state index contributed by atoms with van der Waals surface area (Å²) in [5.41, 5.74) is 0. The molecule has 0 N–H and O–H groups in total. The van der Waals surface area contributed by atoms with Gasteiger partial charge in [0.15, 0.2) is 6.10 Å². The topological polar surface area (TPSA) is 78.9 Å². The van der Waals surface area contributed by atoms with Crippen molar-refractivity contribution in [2.45, 2.75) is 393 Å². The van der Waals surface area contributed by atoms with Gasteiger partial charge in [-0.1, -0.05) is 326 Å². The monoisotopic (exact) mass is 1150 g/mol. The quantitative estimate of drug-likeness (QED) is 0.0261. The Morgan fingerprint density at radius 2 is 0.476 bits per heavy atom. The van der Waals surface area contributed by atoms with Gasteiger partial charge in [-0.2, -0.15) is 0 Å². The zero-order chi connectivity index (χ0) is 59.2. The number of carbonyl (C=O) groups is 3. The van der Waals surface area contributed by atoms with Crippen molar-refractivity contribution in [3.63, 3.8) is 0 Å². The fraction of sp³-hybridized carbons (Fsp3) is 0.829. The van der Waals surface area contributed by atoms with Crippen molar-refractivity contribution in [1.82, 2.24) is 0 Å². The molecule has 0 aliphatic rings. The van der Waals surface area contributed by atoms with E-state index in [0.717, 1.165) is 96.3 Å². The molecule has 6 nitrogen and oxygen atoms in total. The molecule has 0 radical (unpaired) electrons. The fourth-order valence-corrected chi connectivity index (χ4v) is 10.8. The van der Waals surface area contributed by atoms with Crippen molar-refractivity contribution in [2.75, 3.05) is 13.2 Å². The lowest BCUT2D eigenvalue weighted by Crippen LogP contribution is -2.30. The van der Waals surface area contributed by atoms with Gasteiger partial charge in [-0.05, 0) is 103 Å². The van der Waals surface area contributed by atoms with E-state index in [9.17, 15) is 14.4 Å². The maximum absolute atomic E-state index is 12.9. The number of allylic oxidation sites excluding steroid dienone is 10. The average Bonchev–Trinajstić information content (AvgIpc) is 3.47. The number of carbonyl (C=O) groups excluding carboxylic acids is 3. The van der Waals surface area contributed by atoms with Crippen LogP contribution in [0.1, 0.15) is 387 Å². The van der Waals surface area contributed by atoms with Crippen molar-refractivity contribution in [1.29, 1.82) is 0 Å². The van der Waals surface area contributed by atoms with Gasteiger partial charge in [0.2, 0.25) is 0 Å². The minimum atomic E-state index is -0.790. The highest BCUT2D eigenvalue weighted by atomic mass is 16.6. The Hall–Kier alpha value is -2.89. The number of hydrogen-bond donors (Lipinski definition) is 0. The lowest BCUT2D eigenvalue weighted by atomic mass is 10.0. The van der Waals surface area contributed by atoms with Crippen LogP contribution < -0.4 is 0 Å². The molecule has 1 atom stereocenters. The van der Waals surface area contributed by atoms with Crippen LogP contribution in [0.25, 0.3) is 0 Å². The summed E-state index contributed by atoms with van der Waals surface area (Å²) >= 11 is 0. The van der Waals surface area contributed by atoms with Crippen LogP contribution in [-0.2, 0) is 28.6 Å². The highest BCUT2D eigenvalue weighted by molar-refractivity contribution is 5.71. The number of rotatable bonds is 67. The average molecular weight is 1150 g/mol. The van der Waals surface area contributed by atoms with Crippen LogP contribution in [0.3, 0.4) is 0 Å². The summed E-state index contributed by atoms with van der Waals surface area (Å²) < 4.78 is 16.9. The van der Waals surface area contributed by atoms with Crippen LogP contribution in [0.4, 0.5) is 0 Å². The molecule has 0 aromatic rings. The molecule has 0 bridgehead atoms. The smallest absolute Gasteiger partial charge is 0.306 e. The lowest BCUT2D eigenvalue weighted by Gasteiger charge is -2.18. The molecule has 1 unspecified atom stereocenters. The van der Waals surface area contributed by atoms with Gasteiger partial charge in [-0.25, -0.2) is 0 Å². The van der Waals surface area contributed by atoms with E-state index in [1.54, 1.807) is 0 Å². The molecule has 0 saturated carbocycles. The maximum Gasteiger partial charge on any atom is 0.306 e. The largest absolute Gasteiger partial charge is 0.462 e. The zero-order valence-corrected chi connectivity index (χ0v) is 55.0. The summed E-state index contributed by atoms with van der Waals surface area (Å²) in [4.78, 5) is 38.3. The van der Waals surface area contributed by atoms with Crippen molar-refractivity contribution in [2.24, 2.45) is 0 Å². The third kappa shape index (κ3) is 67.9. The third-order valence-corrected chi connectivity index (χ3v) is 16.2. The highest BCUT2D eigenvalue weighted by Crippen LogP contribution is 2.18. The van der Waals surface area contributed by atoms with E-state index in [1.165, 1.54) is 250 Å². The van der Waals surface area contributed by atoms with Crippen LogP contribution in [0, 0.1) is 0 Å². The van der Waals surface area contributed by atoms with Gasteiger partial charge in [0, 0.05) is 19.3 Å². The molecular formula is C76H138O6. The third-order valence-electron chi connectivity index (χ3n) is 16.2. The van der Waals surface area contributed by atoms with Crippen LogP contribution >= 0.6 is 0 Å². The van der Waals surface area contributed by atoms with E-state index in [-0.39, 0.29) is 31.1 Å². The van der Waals surface area contributed by atoms with Crippen LogP contribution in [0.2, 0.25) is 0 Å². The Morgan fingerprint density at radius 3 is 0.768 bits per heavy atom. The molecule has 0 aromatic carbocycles. The second-order valence-electron chi connectivity index (χ2n) is 24.5. The molecule has 0 heterocycles. The van der Waals surface area contributed by atoms with Gasteiger partial charge in [0.05, 0.1) is 0 Å². The van der Waals surface area contributed by atoms with E-state index in [0.29, 0.717) is 19.3 Å². The lowest BCUT2D eigenvalue weighted by molar-refractivity contribution is -0.167. The molecule has 0 saturated heterocycles. The predicted molar refractivity (Wildman–Crippen MR) is 358 cm³/mol. The number of esters is 3. The fourth-order valence-electron chi connectivity index (χ4n) is 10.8. The number of hydrogen-bond acceptors (Lipinski definition) is 6. The van der Waals surface area contributed by atoms with Gasteiger partial charge in [0.1, 0.15) is 13.2 Å². The van der Waals surface area contributed by atoms with Gasteiger partial charge < -0.3 is 14.2 Å². The minimum Gasteiger partial charge on any atom is -0.462 e. The minimum absolute atomic E-state index is 0.0835. The Bertz CT molecular complexity index is 1460. The van der Waals surface area contributed by atoms with E-state index in [1.807, 2.05) is 0 Å². The van der Waals surface area contributed by atoms with Crippen LogP contribution in [0.15, 0.2) is 60.8 Å². The molecule has 0 fully saturated rings. The first-order valence-corrected chi connectivity index (χ1v) is 36.3. The molecule has 82 heavy (non-hydrogen) atoms. The van der Waals surface area contributed by atoms with E-state index >= 15 is 0 Å². The summed E-state index contributed by atoms with van der Waals surface area (Å²) in [6.45, 7) is 6.54. The standard InChI is InChI=1S/C76H138O6/c1-4-7-10-13-16-19-22-25-27-29-30-31-32-33-34-35-36-37-38-39-40-41-42-43-44-45-46-47-49-51-54-57-60-63-66-69-75(78)81-72-73(71-80-74(77)68-65-62-59-56-53-50-24-21-18-15-12-9-6-3)82-76(79)70-67-64-61-58-55-52-48-28-26-23-20-17-14-11-8-5-2/h9,12,18,21,28-30,48,50,53,73H,4-8,10-11,13-17,19-20,22-27,31-47,49,51-52,54-72H2,1-3H3/b12-9-,21-18-,30-29-,48-28-,53-50-. The molecule has 0 aromatic heterocycles. The molecule has 0 spiro atoms. The highest BCUT2D eigenvalue weighted by Gasteiger charge is 2.19. The van der Waals surface area contributed by atoms with Gasteiger partial charge in [-0.15, -0.1) is 0 Å². The van der Waals surface area contributed by atoms with Crippen LogP contribution in [-0.4, -0.2) is 37.2 Å². The SMILES string of the molecule is CC/C=C\C/C=C\C/C=C\CCCCCC(=O)OCC(COC(=O)CCCCCCCCCCCCCCCCCCCCCCCCC/C=C\CCCCCCCCCC)OC(=O)CCCCCCC/C=C\CCCCCCCCC. The number of unbranched alkanes of at least 4 members (excludes halogenated alkanes) is 46. The predicted octanol–water partition coefficient (Wildman–Crippen LogP) is 25.1. The summed E-state index contributed by atoms with van der Waals surface area (Å²) in [5.74, 6) is -0.902. The van der Waals surface area contributed by atoms with E-state index in [2.05, 4.69) is 81.5 Å². The Kier molecular flexibility index (Phi) is 68.1. The Balaban J connectivity index is 4.08. The summed E-state index contributed by atoms with van der Waals surface area (Å²) in [6, 6.07) is 0. The molecular weight excluding hydrogens is 1010 g/mol. The zero-order valence-electron chi connectivity index (χ0n) is 55.0. The second-order valence-corrected chi connectivity index (χ2v) is 24.5. The van der Waals surface area contributed by atoms with Gasteiger partial charge in [-0.3, -0.25) is 14.4 Å². The maximum atomic E-state index is 12.9. The van der Waals surface area contributed by atoms with Crippen molar-refractivity contribution in [3.8, 4) is 0 Å². The first-order valence-electron chi connectivity index (χ1n) is 36.3. The first-order chi connectivity index (χ1) is 40.5. The van der Waals surface area contributed by atoms with Crippen molar-refractivity contribution in [3.05, 3.63) is 60.8 Å². The molecule has 6 heteroatoms. The molecule has 0 rings (SSSR count). The van der Waals surface area contributed by atoms with Crippen LogP contribution in [0.5, 0.6) is 0 Å². The van der Waals surface area contributed by atoms with Crippen molar-refractivity contribution >= 4 is 17.9 Å². The second kappa shape index (κ2) is 70.6. The normalized spacial score (nSPS) is 12.4. The molecule has 0 aliphatic carbocycles. The Morgan fingerprint density at radius 1 is 0.256 bits per heavy atom.